The molecule has 4 heteroatoms. The first-order chi connectivity index (χ1) is 7.72. The molecule has 1 aromatic carbocycles. The molecular weight excluding hydrogens is 208 g/mol. The molecule has 0 saturated carbocycles. The third-order valence-corrected chi connectivity index (χ3v) is 1.84. The van der Waals surface area contributed by atoms with Gasteiger partial charge < -0.3 is 0 Å². The molecule has 16 heavy (non-hydrogen) atoms. The Kier molecular flexibility index (Phi) is 4.79. The molecule has 0 unspecified atom stereocenters. The van der Waals surface area contributed by atoms with Crippen LogP contribution in [-0.4, -0.2) is 11.9 Å². The van der Waals surface area contributed by atoms with Crippen molar-refractivity contribution in [3.8, 4) is 0 Å². The summed E-state index contributed by atoms with van der Waals surface area (Å²) in [6, 6.07) is 9.48. The Hall–Kier alpha value is -2.10. The highest BCUT2D eigenvalue weighted by Gasteiger charge is 2.07. The van der Waals surface area contributed by atoms with Crippen molar-refractivity contribution in [1.29, 1.82) is 0 Å². The van der Waals surface area contributed by atoms with E-state index in [1.807, 2.05) is 30.3 Å². The van der Waals surface area contributed by atoms with Crippen molar-refractivity contribution in [2.45, 2.75) is 12.8 Å². The second kappa shape index (κ2) is 6.40. The van der Waals surface area contributed by atoms with Crippen LogP contribution in [0.1, 0.15) is 12.0 Å². The first-order valence-corrected chi connectivity index (χ1v) is 4.80. The molecule has 0 N–H and O–H groups in total. The molecule has 4 nitrogen and oxygen atoms in total. The van der Waals surface area contributed by atoms with Crippen LogP contribution in [0.25, 0.3) is 0 Å². The topological polar surface area (TPSA) is 52.6 Å². The lowest BCUT2D eigenvalue weighted by Gasteiger charge is -2.01. The van der Waals surface area contributed by atoms with Crippen LogP contribution >= 0.6 is 0 Å². The van der Waals surface area contributed by atoms with E-state index in [1.54, 1.807) is 0 Å². The Labute approximate surface area is 93.4 Å². The molecular formula is C12H12O4. The van der Waals surface area contributed by atoms with Gasteiger partial charge in [-0.05, 0) is 12.0 Å². The van der Waals surface area contributed by atoms with Gasteiger partial charge in [-0.1, -0.05) is 36.9 Å². The molecule has 0 radical (unpaired) electrons. The largest absolute Gasteiger partial charge is 0.378 e. The predicted octanol–water partition coefficient (Wildman–Crippen LogP) is 1.81. The zero-order chi connectivity index (χ0) is 11.8. The molecule has 0 atom stereocenters. The Morgan fingerprint density at radius 3 is 2.50 bits per heavy atom. The molecule has 1 rings (SSSR count). The van der Waals surface area contributed by atoms with Gasteiger partial charge in [0.1, 0.15) is 0 Å². The van der Waals surface area contributed by atoms with E-state index in [0.717, 1.165) is 11.6 Å². The minimum atomic E-state index is -0.784. The predicted molar refractivity (Wildman–Crippen MR) is 57.1 cm³/mol. The molecule has 0 heterocycles. The minimum Gasteiger partial charge on any atom is -0.247 e. The average molecular weight is 220 g/mol. The van der Waals surface area contributed by atoms with Gasteiger partial charge in [-0.25, -0.2) is 19.4 Å². The summed E-state index contributed by atoms with van der Waals surface area (Å²) in [6.07, 6.45) is 1.63. The Bertz CT molecular complexity index is 370. The number of hydrogen-bond acceptors (Lipinski definition) is 4. The van der Waals surface area contributed by atoms with Crippen molar-refractivity contribution >= 4 is 11.9 Å². The molecule has 0 amide bonds. The van der Waals surface area contributed by atoms with Crippen LogP contribution in [0.4, 0.5) is 0 Å². The van der Waals surface area contributed by atoms with Gasteiger partial charge in [0.2, 0.25) is 0 Å². The molecule has 84 valence electrons. The maximum atomic E-state index is 11.1. The van der Waals surface area contributed by atoms with Crippen LogP contribution in [0.15, 0.2) is 43.0 Å². The molecule has 0 saturated heterocycles. The summed E-state index contributed by atoms with van der Waals surface area (Å²) in [5.41, 5.74) is 1.02. The van der Waals surface area contributed by atoms with Gasteiger partial charge >= 0.3 is 11.9 Å². The third-order valence-electron chi connectivity index (χ3n) is 1.84. The van der Waals surface area contributed by atoms with Crippen molar-refractivity contribution < 1.29 is 19.4 Å². The Morgan fingerprint density at radius 2 is 1.88 bits per heavy atom. The van der Waals surface area contributed by atoms with Crippen molar-refractivity contribution in [2.24, 2.45) is 0 Å². The van der Waals surface area contributed by atoms with Crippen molar-refractivity contribution in [1.82, 2.24) is 0 Å². The molecule has 0 aromatic heterocycles. The summed E-state index contributed by atoms with van der Waals surface area (Å²) in [5, 5.41) is 0. The van der Waals surface area contributed by atoms with Gasteiger partial charge in [0.25, 0.3) is 0 Å². The number of hydrogen-bond donors (Lipinski definition) is 0. The SMILES string of the molecule is C=CC(=O)OOC(=O)CCc1ccccc1. The molecule has 0 bridgehead atoms. The normalized spacial score (nSPS) is 9.25. The number of rotatable bonds is 4. The van der Waals surface area contributed by atoms with Crippen LogP contribution in [0.2, 0.25) is 0 Å². The summed E-state index contributed by atoms with van der Waals surface area (Å²) in [5.74, 6) is -1.37. The second-order valence-corrected chi connectivity index (χ2v) is 3.05. The molecule has 1 aromatic rings. The Morgan fingerprint density at radius 1 is 1.19 bits per heavy atom. The van der Waals surface area contributed by atoms with Gasteiger partial charge in [0, 0.05) is 6.08 Å². The summed E-state index contributed by atoms with van der Waals surface area (Å²) >= 11 is 0. The van der Waals surface area contributed by atoms with Crippen LogP contribution < -0.4 is 0 Å². The van der Waals surface area contributed by atoms with Gasteiger partial charge in [-0.2, -0.15) is 0 Å². The summed E-state index contributed by atoms with van der Waals surface area (Å²) in [4.78, 5) is 30.1. The molecule has 0 aliphatic heterocycles. The number of carbonyl (C=O) groups is 2. The van der Waals surface area contributed by atoms with Crippen LogP contribution in [0, 0.1) is 0 Å². The smallest absolute Gasteiger partial charge is 0.247 e. The minimum absolute atomic E-state index is 0.161. The first-order valence-electron chi connectivity index (χ1n) is 4.80. The lowest BCUT2D eigenvalue weighted by atomic mass is 10.1. The number of carbonyl (C=O) groups excluding carboxylic acids is 2. The maximum absolute atomic E-state index is 11.1. The second-order valence-electron chi connectivity index (χ2n) is 3.05. The Balaban J connectivity index is 2.25. The fourth-order valence-corrected chi connectivity index (χ4v) is 1.05. The van der Waals surface area contributed by atoms with Gasteiger partial charge in [-0.3, -0.25) is 0 Å². The monoisotopic (exact) mass is 220 g/mol. The maximum Gasteiger partial charge on any atom is 0.378 e. The van der Waals surface area contributed by atoms with E-state index >= 15 is 0 Å². The molecule has 0 fully saturated rings. The lowest BCUT2D eigenvalue weighted by Crippen LogP contribution is -2.09. The highest BCUT2D eigenvalue weighted by atomic mass is 17.2. The van der Waals surface area contributed by atoms with Crippen molar-refractivity contribution in [2.75, 3.05) is 0 Å². The molecule has 0 spiro atoms. The summed E-state index contributed by atoms with van der Waals surface area (Å²) in [6.45, 7) is 3.17. The molecule has 0 aliphatic carbocycles. The first kappa shape index (κ1) is 12.0. The van der Waals surface area contributed by atoms with E-state index in [2.05, 4.69) is 16.4 Å². The van der Waals surface area contributed by atoms with Crippen LogP contribution in [0.5, 0.6) is 0 Å². The van der Waals surface area contributed by atoms with E-state index in [1.165, 1.54) is 0 Å². The van der Waals surface area contributed by atoms with Gasteiger partial charge in [0.05, 0.1) is 6.42 Å². The van der Waals surface area contributed by atoms with E-state index in [9.17, 15) is 9.59 Å². The number of aryl methyl sites for hydroxylation is 1. The highest BCUT2D eigenvalue weighted by molar-refractivity contribution is 5.81. The van der Waals surface area contributed by atoms with E-state index < -0.39 is 11.9 Å². The molecule has 0 aliphatic rings. The zero-order valence-electron chi connectivity index (χ0n) is 8.72. The lowest BCUT2D eigenvalue weighted by molar-refractivity contribution is -0.254. The summed E-state index contributed by atoms with van der Waals surface area (Å²) in [7, 11) is 0. The summed E-state index contributed by atoms with van der Waals surface area (Å²) < 4.78 is 0. The fourth-order valence-electron chi connectivity index (χ4n) is 1.05. The average Bonchev–Trinajstić information content (AvgIpc) is 2.34. The zero-order valence-corrected chi connectivity index (χ0v) is 8.72. The van der Waals surface area contributed by atoms with E-state index in [0.29, 0.717) is 6.42 Å². The van der Waals surface area contributed by atoms with Crippen LogP contribution in [-0.2, 0) is 25.8 Å². The van der Waals surface area contributed by atoms with Gasteiger partial charge in [-0.15, -0.1) is 0 Å². The van der Waals surface area contributed by atoms with Crippen LogP contribution in [0.3, 0.4) is 0 Å². The van der Waals surface area contributed by atoms with E-state index in [-0.39, 0.29) is 6.42 Å². The highest BCUT2D eigenvalue weighted by Crippen LogP contribution is 2.03. The third kappa shape index (κ3) is 4.41. The van der Waals surface area contributed by atoms with Crippen molar-refractivity contribution in [3.05, 3.63) is 48.6 Å². The van der Waals surface area contributed by atoms with Gasteiger partial charge in [0.15, 0.2) is 0 Å². The quantitative estimate of drug-likeness (QED) is 0.441. The van der Waals surface area contributed by atoms with E-state index in [4.69, 9.17) is 0 Å². The van der Waals surface area contributed by atoms with Crippen molar-refractivity contribution in [3.63, 3.8) is 0 Å². The standard InChI is InChI=1S/C12H12O4/c1-2-11(13)15-16-12(14)9-8-10-6-4-3-5-7-10/h2-7H,1,8-9H2. The fraction of sp³-hybridized carbons (Fsp3) is 0.167. The number of benzene rings is 1.